The molecule has 1 aliphatic carbocycles. The van der Waals surface area contributed by atoms with Crippen molar-refractivity contribution in [2.45, 2.75) is 43.9 Å². The molecule has 74 valence electrons. The van der Waals surface area contributed by atoms with E-state index < -0.39 is 6.10 Å². The van der Waals surface area contributed by atoms with Crippen molar-refractivity contribution in [2.24, 2.45) is 0 Å². The van der Waals surface area contributed by atoms with E-state index in [-0.39, 0.29) is 17.6 Å². The average molecular weight is 185 g/mol. The van der Waals surface area contributed by atoms with Crippen molar-refractivity contribution in [1.29, 1.82) is 0 Å². The quantitative estimate of drug-likeness (QED) is 0.595. The summed E-state index contributed by atoms with van der Waals surface area (Å²) in [6, 6.07) is -0.210. The molecule has 4 heteroatoms. The summed E-state index contributed by atoms with van der Waals surface area (Å²) < 4.78 is 5.54. The van der Waals surface area contributed by atoms with E-state index in [1.165, 1.54) is 6.92 Å². The lowest BCUT2D eigenvalue weighted by molar-refractivity contribution is -0.121. The summed E-state index contributed by atoms with van der Waals surface area (Å²) in [6.45, 7) is 1.90. The maximum atomic E-state index is 10.8. The molecule has 1 heterocycles. The number of carbonyl (C=O) groups is 1. The molecule has 1 saturated carbocycles. The van der Waals surface area contributed by atoms with Crippen LogP contribution in [0.25, 0.3) is 0 Å². The Morgan fingerprint density at radius 3 is 2.69 bits per heavy atom. The van der Waals surface area contributed by atoms with Crippen LogP contribution in [0.4, 0.5) is 0 Å². The van der Waals surface area contributed by atoms with Gasteiger partial charge in [-0.1, -0.05) is 0 Å². The second-order valence-electron chi connectivity index (χ2n) is 3.98. The summed E-state index contributed by atoms with van der Waals surface area (Å²) in [5, 5.41) is 12.6. The van der Waals surface area contributed by atoms with Gasteiger partial charge in [0.05, 0.1) is 18.2 Å². The molecule has 2 aliphatic rings. The molecule has 0 aromatic carbocycles. The van der Waals surface area contributed by atoms with Crippen molar-refractivity contribution >= 4 is 5.91 Å². The van der Waals surface area contributed by atoms with Crippen LogP contribution in [0.5, 0.6) is 0 Å². The third kappa shape index (κ3) is 1.34. The fourth-order valence-corrected chi connectivity index (χ4v) is 2.15. The van der Waals surface area contributed by atoms with Gasteiger partial charge in [-0.15, -0.1) is 0 Å². The van der Waals surface area contributed by atoms with Crippen LogP contribution < -0.4 is 5.32 Å². The van der Waals surface area contributed by atoms with Crippen LogP contribution >= 0.6 is 0 Å². The van der Waals surface area contributed by atoms with Crippen molar-refractivity contribution < 1.29 is 14.6 Å². The summed E-state index contributed by atoms with van der Waals surface area (Å²) in [7, 11) is 0. The van der Waals surface area contributed by atoms with Gasteiger partial charge in [0.25, 0.3) is 0 Å². The van der Waals surface area contributed by atoms with Gasteiger partial charge in [0.15, 0.2) is 0 Å². The highest BCUT2D eigenvalue weighted by molar-refractivity contribution is 5.73. The maximum Gasteiger partial charge on any atom is 0.217 e. The van der Waals surface area contributed by atoms with E-state index in [1.807, 2.05) is 0 Å². The third-order valence-corrected chi connectivity index (χ3v) is 3.06. The van der Waals surface area contributed by atoms with Crippen molar-refractivity contribution in [3.63, 3.8) is 0 Å². The lowest BCUT2D eigenvalue weighted by atomic mass is 9.75. The highest BCUT2D eigenvalue weighted by Gasteiger charge is 2.53. The molecule has 2 fully saturated rings. The largest absolute Gasteiger partial charge is 0.388 e. The Kier molecular flexibility index (Phi) is 2.04. The predicted molar refractivity (Wildman–Crippen MR) is 46.1 cm³/mol. The minimum absolute atomic E-state index is 0.107. The van der Waals surface area contributed by atoms with E-state index in [0.717, 1.165) is 19.3 Å². The maximum absolute atomic E-state index is 10.8. The minimum Gasteiger partial charge on any atom is -0.388 e. The summed E-state index contributed by atoms with van der Waals surface area (Å²) in [5.74, 6) is -0.107. The van der Waals surface area contributed by atoms with Crippen molar-refractivity contribution in [1.82, 2.24) is 5.32 Å². The normalized spacial score (nSPS) is 35.8. The number of aliphatic hydroxyl groups is 1. The molecule has 2 N–H and O–H groups in total. The molecular weight excluding hydrogens is 170 g/mol. The van der Waals surface area contributed by atoms with E-state index in [2.05, 4.69) is 5.32 Å². The van der Waals surface area contributed by atoms with Crippen molar-refractivity contribution in [2.75, 3.05) is 6.61 Å². The van der Waals surface area contributed by atoms with Crippen molar-refractivity contribution in [3.8, 4) is 0 Å². The molecule has 0 aromatic rings. The van der Waals surface area contributed by atoms with E-state index in [4.69, 9.17) is 4.74 Å². The van der Waals surface area contributed by atoms with Crippen LogP contribution in [0.3, 0.4) is 0 Å². The second-order valence-corrected chi connectivity index (χ2v) is 3.98. The molecule has 4 nitrogen and oxygen atoms in total. The highest BCUT2D eigenvalue weighted by atomic mass is 16.5. The number of amides is 1. The van der Waals surface area contributed by atoms with Crippen LogP contribution in [0.2, 0.25) is 0 Å². The molecule has 0 bridgehead atoms. The van der Waals surface area contributed by atoms with E-state index in [0.29, 0.717) is 6.61 Å². The molecule has 0 unspecified atom stereocenters. The fraction of sp³-hybridized carbons (Fsp3) is 0.889. The number of nitrogens with one attached hydrogen (secondary N) is 1. The summed E-state index contributed by atoms with van der Waals surface area (Å²) >= 11 is 0. The SMILES string of the molecule is CC(=O)N[C@@H]1COC2(CCC2)[C@H]1O. The average Bonchev–Trinajstić information content (AvgIpc) is 2.27. The van der Waals surface area contributed by atoms with Crippen LogP contribution in [0, 0.1) is 0 Å². The number of hydrogen-bond donors (Lipinski definition) is 2. The fourth-order valence-electron chi connectivity index (χ4n) is 2.15. The highest BCUT2D eigenvalue weighted by Crippen LogP contribution is 2.43. The van der Waals surface area contributed by atoms with Crippen LogP contribution in [0.1, 0.15) is 26.2 Å². The molecular formula is C9H15NO3. The molecule has 0 aromatic heterocycles. The van der Waals surface area contributed by atoms with Gasteiger partial charge in [0.2, 0.25) is 5.91 Å². The summed E-state index contributed by atoms with van der Waals surface area (Å²) in [6.07, 6.45) is 2.43. The molecule has 1 saturated heterocycles. The first-order chi connectivity index (χ1) is 6.14. The topological polar surface area (TPSA) is 58.6 Å². The smallest absolute Gasteiger partial charge is 0.217 e. The van der Waals surface area contributed by atoms with Gasteiger partial charge in [-0.05, 0) is 19.3 Å². The molecule has 1 spiro atoms. The van der Waals surface area contributed by atoms with Crippen molar-refractivity contribution in [3.05, 3.63) is 0 Å². The lowest BCUT2D eigenvalue weighted by Gasteiger charge is -2.40. The molecule has 0 radical (unpaired) electrons. The zero-order valence-corrected chi connectivity index (χ0v) is 7.75. The monoisotopic (exact) mass is 185 g/mol. The van der Waals surface area contributed by atoms with E-state index in [1.54, 1.807) is 0 Å². The Bertz CT molecular complexity index is 225. The summed E-state index contributed by atoms with van der Waals surface area (Å²) in [5.41, 5.74) is -0.326. The Balaban J connectivity index is 1.98. The van der Waals surface area contributed by atoms with E-state index >= 15 is 0 Å². The first kappa shape index (κ1) is 8.97. The molecule has 1 amide bonds. The van der Waals surface area contributed by atoms with Gasteiger partial charge in [-0.2, -0.15) is 0 Å². The molecule has 13 heavy (non-hydrogen) atoms. The van der Waals surface area contributed by atoms with Gasteiger partial charge >= 0.3 is 0 Å². The Morgan fingerprint density at radius 1 is 1.62 bits per heavy atom. The third-order valence-electron chi connectivity index (χ3n) is 3.06. The van der Waals surface area contributed by atoms with Gasteiger partial charge in [-0.25, -0.2) is 0 Å². The Labute approximate surface area is 77.3 Å². The van der Waals surface area contributed by atoms with Gasteiger partial charge in [0, 0.05) is 6.92 Å². The number of aliphatic hydroxyl groups excluding tert-OH is 1. The number of hydrogen-bond acceptors (Lipinski definition) is 3. The zero-order valence-electron chi connectivity index (χ0n) is 7.75. The van der Waals surface area contributed by atoms with Crippen LogP contribution in [-0.4, -0.2) is 35.4 Å². The number of ether oxygens (including phenoxy) is 1. The molecule has 1 aliphatic heterocycles. The first-order valence-corrected chi connectivity index (χ1v) is 4.73. The first-order valence-electron chi connectivity index (χ1n) is 4.73. The Hall–Kier alpha value is -0.610. The summed E-state index contributed by atoms with van der Waals surface area (Å²) in [4.78, 5) is 10.8. The van der Waals surface area contributed by atoms with Gasteiger partial charge in [0.1, 0.15) is 6.10 Å². The predicted octanol–water partition coefficient (Wildman–Crippen LogP) is -0.195. The lowest BCUT2D eigenvalue weighted by Crippen LogP contribution is -2.52. The minimum atomic E-state index is -0.523. The van der Waals surface area contributed by atoms with Gasteiger partial charge in [-0.3, -0.25) is 4.79 Å². The molecule has 2 rings (SSSR count). The number of carbonyl (C=O) groups excluding carboxylic acids is 1. The second kappa shape index (κ2) is 2.96. The Morgan fingerprint density at radius 2 is 2.31 bits per heavy atom. The zero-order chi connectivity index (χ0) is 9.47. The standard InChI is InChI=1S/C9H15NO3/c1-6(11)10-7-5-13-9(8(7)12)3-2-4-9/h7-8,12H,2-5H2,1H3,(H,10,11)/t7-,8+/m1/s1. The molecule has 2 atom stereocenters. The van der Waals surface area contributed by atoms with Crippen LogP contribution in [-0.2, 0) is 9.53 Å². The number of rotatable bonds is 1. The van der Waals surface area contributed by atoms with Crippen LogP contribution in [0.15, 0.2) is 0 Å². The van der Waals surface area contributed by atoms with E-state index in [9.17, 15) is 9.90 Å². The van der Waals surface area contributed by atoms with Gasteiger partial charge < -0.3 is 15.2 Å².